The molecular weight excluding hydrogens is 190 g/mol. The Labute approximate surface area is 89.4 Å². The van der Waals surface area contributed by atoms with Gasteiger partial charge in [0.15, 0.2) is 5.78 Å². The van der Waals surface area contributed by atoms with Crippen LogP contribution in [-0.2, 0) is 0 Å². The standard InChI is InChI=1S/C12H15NO2/c1-8(2)13-10-7-15-11-6-4-3-5-9(11)12(10)14/h3-6,8,10,13H,7H2,1-2H3. The summed E-state index contributed by atoms with van der Waals surface area (Å²) in [6, 6.07) is 7.46. The minimum Gasteiger partial charge on any atom is -0.491 e. The normalized spacial score (nSPS) is 19.9. The highest BCUT2D eigenvalue weighted by Gasteiger charge is 2.28. The van der Waals surface area contributed by atoms with Crippen molar-refractivity contribution in [2.45, 2.75) is 25.9 Å². The molecule has 1 aliphatic rings. The maximum Gasteiger partial charge on any atom is 0.186 e. The minimum atomic E-state index is -0.208. The molecule has 0 aromatic heterocycles. The molecule has 2 rings (SSSR count). The summed E-state index contributed by atoms with van der Waals surface area (Å²) >= 11 is 0. The van der Waals surface area contributed by atoms with E-state index in [1.807, 2.05) is 38.1 Å². The number of rotatable bonds is 2. The smallest absolute Gasteiger partial charge is 0.186 e. The molecule has 0 amide bonds. The second-order valence-corrected chi connectivity index (χ2v) is 4.05. The molecule has 15 heavy (non-hydrogen) atoms. The van der Waals surface area contributed by atoms with Crippen LogP contribution in [0.5, 0.6) is 5.75 Å². The van der Waals surface area contributed by atoms with Gasteiger partial charge in [-0.1, -0.05) is 26.0 Å². The summed E-state index contributed by atoms with van der Waals surface area (Å²) in [7, 11) is 0. The first kappa shape index (κ1) is 10.2. The molecule has 0 fully saturated rings. The molecular formula is C12H15NO2. The number of para-hydroxylation sites is 1. The van der Waals surface area contributed by atoms with E-state index in [1.54, 1.807) is 0 Å². The van der Waals surface area contributed by atoms with Crippen molar-refractivity contribution in [1.29, 1.82) is 0 Å². The zero-order valence-corrected chi connectivity index (χ0v) is 8.99. The summed E-state index contributed by atoms with van der Waals surface area (Å²) in [6.07, 6.45) is 0. The predicted molar refractivity (Wildman–Crippen MR) is 58.3 cm³/mol. The summed E-state index contributed by atoms with van der Waals surface area (Å²) in [5.74, 6) is 0.829. The van der Waals surface area contributed by atoms with Crippen LogP contribution in [-0.4, -0.2) is 24.5 Å². The Morgan fingerprint density at radius 1 is 1.40 bits per heavy atom. The molecule has 1 N–H and O–H groups in total. The van der Waals surface area contributed by atoms with Gasteiger partial charge in [0, 0.05) is 6.04 Å². The Balaban J connectivity index is 2.22. The minimum absolute atomic E-state index is 0.130. The summed E-state index contributed by atoms with van der Waals surface area (Å²) in [4.78, 5) is 12.0. The lowest BCUT2D eigenvalue weighted by molar-refractivity contribution is 0.0863. The second kappa shape index (κ2) is 4.03. The van der Waals surface area contributed by atoms with Crippen LogP contribution in [0.1, 0.15) is 24.2 Å². The van der Waals surface area contributed by atoms with Crippen LogP contribution in [0, 0.1) is 0 Å². The van der Waals surface area contributed by atoms with Gasteiger partial charge in [0.05, 0.1) is 5.56 Å². The third kappa shape index (κ3) is 2.02. The number of fused-ring (bicyclic) bond motifs is 1. The monoisotopic (exact) mass is 205 g/mol. The fourth-order valence-electron chi connectivity index (χ4n) is 1.76. The van der Waals surface area contributed by atoms with E-state index in [9.17, 15) is 4.79 Å². The molecule has 1 atom stereocenters. The van der Waals surface area contributed by atoms with E-state index in [2.05, 4.69) is 5.32 Å². The SMILES string of the molecule is CC(C)NC1COc2ccccc2C1=O. The molecule has 0 radical (unpaired) electrons. The number of carbonyl (C=O) groups excluding carboxylic acids is 1. The summed E-state index contributed by atoms with van der Waals surface area (Å²) in [6.45, 7) is 4.47. The van der Waals surface area contributed by atoms with E-state index in [0.29, 0.717) is 17.9 Å². The van der Waals surface area contributed by atoms with Gasteiger partial charge in [-0.2, -0.15) is 0 Å². The molecule has 0 saturated carbocycles. The van der Waals surface area contributed by atoms with Crippen LogP contribution >= 0.6 is 0 Å². The van der Waals surface area contributed by atoms with Crippen molar-refractivity contribution in [3.63, 3.8) is 0 Å². The number of nitrogens with one attached hydrogen (secondary N) is 1. The fourth-order valence-corrected chi connectivity index (χ4v) is 1.76. The number of Topliss-reactive ketones (excluding diaryl/α,β-unsaturated/α-hetero) is 1. The van der Waals surface area contributed by atoms with E-state index in [0.717, 1.165) is 0 Å². The largest absolute Gasteiger partial charge is 0.491 e. The van der Waals surface area contributed by atoms with Gasteiger partial charge in [-0.15, -0.1) is 0 Å². The molecule has 1 aromatic rings. The van der Waals surface area contributed by atoms with Crippen LogP contribution in [0.25, 0.3) is 0 Å². The summed E-state index contributed by atoms with van der Waals surface area (Å²) < 4.78 is 5.52. The van der Waals surface area contributed by atoms with Crippen molar-refractivity contribution >= 4 is 5.78 Å². The molecule has 3 nitrogen and oxygen atoms in total. The molecule has 1 aliphatic heterocycles. The Hall–Kier alpha value is -1.35. The fraction of sp³-hybridized carbons (Fsp3) is 0.417. The van der Waals surface area contributed by atoms with Crippen molar-refractivity contribution < 1.29 is 9.53 Å². The van der Waals surface area contributed by atoms with Crippen LogP contribution in [0.15, 0.2) is 24.3 Å². The van der Waals surface area contributed by atoms with Crippen LogP contribution in [0.2, 0.25) is 0 Å². The molecule has 1 aromatic carbocycles. The number of benzene rings is 1. The number of ether oxygens (including phenoxy) is 1. The first-order valence-electron chi connectivity index (χ1n) is 5.20. The molecule has 0 spiro atoms. The molecule has 0 saturated heterocycles. The number of hydrogen-bond acceptors (Lipinski definition) is 3. The highest BCUT2D eigenvalue weighted by molar-refractivity contribution is 6.03. The first-order valence-corrected chi connectivity index (χ1v) is 5.20. The number of hydrogen-bond donors (Lipinski definition) is 1. The Bertz CT molecular complexity index is 374. The molecule has 1 unspecified atom stereocenters. The lowest BCUT2D eigenvalue weighted by atomic mass is 10.0. The topological polar surface area (TPSA) is 38.3 Å². The highest BCUT2D eigenvalue weighted by Crippen LogP contribution is 2.23. The van der Waals surface area contributed by atoms with Crippen molar-refractivity contribution in [3.8, 4) is 5.75 Å². The van der Waals surface area contributed by atoms with Crippen LogP contribution < -0.4 is 10.1 Å². The molecule has 80 valence electrons. The lowest BCUT2D eigenvalue weighted by Crippen LogP contribution is -2.47. The lowest BCUT2D eigenvalue weighted by Gasteiger charge is -2.26. The first-order chi connectivity index (χ1) is 7.18. The average Bonchev–Trinajstić information content (AvgIpc) is 2.22. The van der Waals surface area contributed by atoms with E-state index in [-0.39, 0.29) is 17.9 Å². The van der Waals surface area contributed by atoms with Gasteiger partial charge in [-0.05, 0) is 12.1 Å². The maximum absolute atomic E-state index is 12.0. The Kier molecular flexibility index (Phi) is 2.73. The van der Waals surface area contributed by atoms with Gasteiger partial charge < -0.3 is 10.1 Å². The predicted octanol–water partition coefficient (Wildman–Crippen LogP) is 1.63. The summed E-state index contributed by atoms with van der Waals surface area (Å²) in [5, 5.41) is 3.20. The van der Waals surface area contributed by atoms with Crippen molar-refractivity contribution in [3.05, 3.63) is 29.8 Å². The van der Waals surface area contributed by atoms with Crippen LogP contribution in [0.4, 0.5) is 0 Å². The molecule has 0 aliphatic carbocycles. The zero-order chi connectivity index (χ0) is 10.8. The number of ketones is 1. The van der Waals surface area contributed by atoms with E-state index >= 15 is 0 Å². The van der Waals surface area contributed by atoms with Gasteiger partial charge in [-0.3, -0.25) is 4.79 Å². The molecule has 0 bridgehead atoms. The third-order valence-corrected chi connectivity index (χ3v) is 2.41. The zero-order valence-electron chi connectivity index (χ0n) is 8.99. The Morgan fingerprint density at radius 3 is 2.87 bits per heavy atom. The maximum atomic E-state index is 12.0. The van der Waals surface area contributed by atoms with Crippen molar-refractivity contribution in [1.82, 2.24) is 5.32 Å². The van der Waals surface area contributed by atoms with E-state index < -0.39 is 0 Å². The van der Waals surface area contributed by atoms with Gasteiger partial charge in [0.1, 0.15) is 18.4 Å². The molecule has 1 heterocycles. The van der Waals surface area contributed by atoms with E-state index in [4.69, 9.17) is 4.74 Å². The highest BCUT2D eigenvalue weighted by atomic mass is 16.5. The van der Waals surface area contributed by atoms with Gasteiger partial charge in [0.25, 0.3) is 0 Å². The van der Waals surface area contributed by atoms with Crippen molar-refractivity contribution in [2.75, 3.05) is 6.61 Å². The van der Waals surface area contributed by atoms with Crippen molar-refractivity contribution in [2.24, 2.45) is 0 Å². The van der Waals surface area contributed by atoms with Gasteiger partial charge in [0.2, 0.25) is 0 Å². The van der Waals surface area contributed by atoms with Gasteiger partial charge in [-0.25, -0.2) is 0 Å². The van der Waals surface area contributed by atoms with Crippen LogP contribution in [0.3, 0.4) is 0 Å². The number of carbonyl (C=O) groups is 1. The quantitative estimate of drug-likeness (QED) is 0.797. The van der Waals surface area contributed by atoms with E-state index in [1.165, 1.54) is 0 Å². The second-order valence-electron chi connectivity index (χ2n) is 4.05. The third-order valence-electron chi connectivity index (χ3n) is 2.41. The molecule has 3 heteroatoms. The summed E-state index contributed by atoms with van der Waals surface area (Å²) in [5.41, 5.74) is 0.682. The van der Waals surface area contributed by atoms with Gasteiger partial charge >= 0.3 is 0 Å². The Morgan fingerprint density at radius 2 is 2.13 bits per heavy atom. The average molecular weight is 205 g/mol.